The number of carboxylic acids is 1. The fourth-order valence-electron chi connectivity index (χ4n) is 7.32. The molecule has 8 nitrogen and oxygen atoms in total. The van der Waals surface area contributed by atoms with Crippen LogP contribution in [0.25, 0.3) is 11.1 Å². The molecule has 328 valence electrons. The molecule has 1 aliphatic rings. The molecule has 0 radical (unpaired) electrons. The molecule has 0 aliphatic heterocycles. The Kier molecular flexibility index (Phi) is 20.6. The predicted octanol–water partition coefficient (Wildman–Crippen LogP) is 13.0. The van der Waals surface area contributed by atoms with Gasteiger partial charge in [0.25, 0.3) is 0 Å². The van der Waals surface area contributed by atoms with Crippen LogP contribution in [0, 0.1) is 17.3 Å². The first-order valence-electron chi connectivity index (χ1n) is 22.7. The lowest BCUT2D eigenvalue weighted by atomic mass is 9.87. The first-order valence-corrected chi connectivity index (χ1v) is 22.7. The molecule has 1 saturated carbocycles. The molecule has 2 aromatic rings. The molecule has 0 saturated heterocycles. The van der Waals surface area contributed by atoms with Gasteiger partial charge in [-0.25, -0.2) is 0 Å². The van der Waals surface area contributed by atoms with E-state index in [1.165, 1.54) is 25.7 Å². The summed E-state index contributed by atoms with van der Waals surface area (Å²) < 4.78 is 30.8. The van der Waals surface area contributed by atoms with Crippen molar-refractivity contribution in [1.29, 1.82) is 0 Å². The van der Waals surface area contributed by atoms with E-state index in [0.29, 0.717) is 37.9 Å². The maximum absolute atomic E-state index is 12.5. The zero-order valence-corrected chi connectivity index (χ0v) is 37.9. The third kappa shape index (κ3) is 18.4. The summed E-state index contributed by atoms with van der Waals surface area (Å²) in [6.07, 6.45) is 15.3. The van der Waals surface area contributed by atoms with Gasteiger partial charge in [-0.15, -0.1) is 0 Å². The molecule has 8 heteroatoms. The van der Waals surface area contributed by atoms with Crippen LogP contribution in [0.3, 0.4) is 0 Å². The van der Waals surface area contributed by atoms with Crippen molar-refractivity contribution in [2.24, 2.45) is 17.3 Å². The van der Waals surface area contributed by atoms with Crippen molar-refractivity contribution < 1.29 is 38.4 Å². The topological polar surface area (TPSA) is 101 Å². The highest BCUT2D eigenvalue weighted by molar-refractivity contribution is 5.70. The van der Waals surface area contributed by atoms with Crippen molar-refractivity contribution in [2.75, 3.05) is 26.4 Å². The van der Waals surface area contributed by atoms with Gasteiger partial charge in [-0.3, -0.25) is 9.59 Å². The number of carbonyl (C=O) groups is 2. The zero-order valence-electron chi connectivity index (χ0n) is 37.9. The lowest BCUT2D eigenvalue weighted by Gasteiger charge is -2.37. The second-order valence-electron chi connectivity index (χ2n) is 18.8. The Balaban J connectivity index is 1.24. The largest absolute Gasteiger partial charge is 0.494 e. The average Bonchev–Trinajstić information content (AvgIpc) is 3.83. The maximum atomic E-state index is 12.5. The van der Waals surface area contributed by atoms with Crippen molar-refractivity contribution >= 4 is 11.9 Å². The van der Waals surface area contributed by atoms with Crippen molar-refractivity contribution in [2.45, 2.75) is 188 Å². The molecule has 1 aliphatic carbocycles. The Morgan fingerprint density at radius 2 is 1.21 bits per heavy atom. The predicted molar refractivity (Wildman–Crippen MR) is 236 cm³/mol. The monoisotopic (exact) mass is 809 g/mol. The van der Waals surface area contributed by atoms with Gasteiger partial charge < -0.3 is 28.8 Å². The highest BCUT2D eigenvalue weighted by Gasteiger charge is 2.46. The summed E-state index contributed by atoms with van der Waals surface area (Å²) in [5.41, 5.74) is 1.93. The third-order valence-corrected chi connectivity index (χ3v) is 12.8. The van der Waals surface area contributed by atoms with E-state index in [9.17, 15) is 9.59 Å². The minimum absolute atomic E-state index is 0.0288. The van der Waals surface area contributed by atoms with Gasteiger partial charge in [0.2, 0.25) is 0 Å². The van der Waals surface area contributed by atoms with E-state index >= 15 is 0 Å². The summed E-state index contributed by atoms with van der Waals surface area (Å²) in [6, 6.07) is 16.7. The SMILES string of the molecule is CCC(C)(CCCCCCOc1ccc(-c2ccc(OCCCCCCC(C)(C)OCC3CC3(C)C)cc2)cc1)OCC(C)C(C)(CC)OC(=O)CCCCC(=O)O. The molecule has 1 N–H and O–H groups in total. The Labute approximate surface area is 352 Å². The smallest absolute Gasteiger partial charge is 0.306 e. The zero-order chi connectivity index (χ0) is 42.7. The normalized spacial score (nSPS) is 17.5. The Bertz CT molecular complexity index is 1470. The molecule has 58 heavy (non-hydrogen) atoms. The number of benzene rings is 2. The minimum Gasteiger partial charge on any atom is -0.494 e. The summed E-state index contributed by atoms with van der Waals surface area (Å²) in [5, 5.41) is 8.82. The number of hydrogen-bond donors (Lipinski definition) is 1. The molecule has 0 aromatic heterocycles. The van der Waals surface area contributed by atoms with Crippen LogP contribution in [0.1, 0.15) is 171 Å². The van der Waals surface area contributed by atoms with Crippen molar-refractivity contribution in [3.63, 3.8) is 0 Å². The Hall–Kier alpha value is -3.10. The van der Waals surface area contributed by atoms with E-state index in [1.54, 1.807) is 0 Å². The molecule has 0 amide bonds. The van der Waals surface area contributed by atoms with Gasteiger partial charge in [0.05, 0.1) is 37.6 Å². The van der Waals surface area contributed by atoms with Crippen LogP contribution in [0.2, 0.25) is 0 Å². The highest BCUT2D eigenvalue weighted by Crippen LogP contribution is 2.52. The van der Waals surface area contributed by atoms with Crippen molar-refractivity contribution in [3.8, 4) is 22.6 Å². The van der Waals surface area contributed by atoms with Crippen LogP contribution in [0.4, 0.5) is 0 Å². The third-order valence-electron chi connectivity index (χ3n) is 12.8. The van der Waals surface area contributed by atoms with Crippen molar-refractivity contribution in [3.05, 3.63) is 48.5 Å². The number of carboxylic acid groups (broad SMARTS) is 1. The molecule has 1 fully saturated rings. The molecular formula is C50H80O8. The van der Waals surface area contributed by atoms with Gasteiger partial charge in [-0.1, -0.05) is 97.4 Å². The standard InChI is InChI=1S/C50H80O8/c1-10-49(8,57-37-39(3)50(9,11-2)58-46(53)23-17-16-22-45(51)52)33-19-13-15-21-35-55-44-30-26-41(27-31-44)40-24-28-43(29-25-40)54-34-20-14-12-18-32-48(6,7)56-38-42-36-47(42,4)5/h24-31,39,42H,10-23,32-38H2,1-9H3,(H,51,52). The highest BCUT2D eigenvalue weighted by atomic mass is 16.6. The summed E-state index contributed by atoms with van der Waals surface area (Å²) in [5.74, 6) is 1.47. The van der Waals surface area contributed by atoms with E-state index in [4.69, 9.17) is 28.8 Å². The molecule has 4 unspecified atom stereocenters. The number of hydrogen-bond acceptors (Lipinski definition) is 7. The second kappa shape index (κ2) is 24.2. The number of unbranched alkanes of at least 4 members (excludes halogenated alkanes) is 7. The van der Waals surface area contributed by atoms with Crippen LogP contribution in [-0.2, 0) is 23.8 Å². The van der Waals surface area contributed by atoms with E-state index < -0.39 is 11.6 Å². The molecule has 0 heterocycles. The summed E-state index contributed by atoms with van der Waals surface area (Å²) in [6.45, 7) is 22.4. The van der Waals surface area contributed by atoms with Crippen LogP contribution >= 0.6 is 0 Å². The van der Waals surface area contributed by atoms with Crippen LogP contribution < -0.4 is 9.47 Å². The van der Waals surface area contributed by atoms with Crippen LogP contribution in [0.15, 0.2) is 48.5 Å². The lowest BCUT2D eigenvalue weighted by molar-refractivity contribution is -0.170. The van der Waals surface area contributed by atoms with Gasteiger partial charge in [0, 0.05) is 18.8 Å². The number of esters is 1. The number of carbonyl (C=O) groups excluding carboxylic acids is 1. The molecular weight excluding hydrogens is 729 g/mol. The first kappa shape index (κ1) is 49.3. The fourth-order valence-corrected chi connectivity index (χ4v) is 7.32. The van der Waals surface area contributed by atoms with Gasteiger partial charge in [0.1, 0.15) is 17.1 Å². The maximum Gasteiger partial charge on any atom is 0.306 e. The van der Waals surface area contributed by atoms with E-state index in [2.05, 4.69) is 97.0 Å². The van der Waals surface area contributed by atoms with E-state index in [0.717, 1.165) is 93.1 Å². The molecule has 0 bridgehead atoms. The quantitative estimate of drug-likeness (QED) is 0.0576. The van der Waals surface area contributed by atoms with Crippen LogP contribution in [-0.4, -0.2) is 60.3 Å². The van der Waals surface area contributed by atoms with Crippen LogP contribution in [0.5, 0.6) is 11.5 Å². The Morgan fingerprint density at radius 3 is 1.69 bits per heavy atom. The fraction of sp³-hybridized carbons (Fsp3) is 0.720. The van der Waals surface area contributed by atoms with Gasteiger partial charge in [-0.05, 0) is 132 Å². The van der Waals surface area contributed by atoms with E-state index in [1.807, 2.05) is 13.8 Å². The summed E-state index contributed by atoms with van der Waals surface area (Å²) in [7, 11) is 0. The average molecular weight is 809 g/mol. The Morgan fingerprint density at radius 1 is 0.707 bits per heavy atom. The lowest BCUT2D eigenvalue weighted by Crippen LogP contribution is -2.42. The van der Waals surface area contributed by atoms with Gasteiger partial charge in [0.15, 0.2) is 0 Å². The van der Waals surface area contributed by atoms with Gasteiger partial charge in [-0.2, -0.15) is 0 Å². The number of rotatable bonds is 32. The second-order valence-corrected chi connectivity index (χ2v) is 18.8. The van der Waals surface area contributed by atoms with E-state index in [-0.39, 0.29) is 35.9 Å². The summed E-state index contributed by atoms with van der Waals surface area (Å²) >= 11 is 0. The molecule has 4 atom stereocenters. The summed E-state index contributed by atoms with van der Waals surface area (Å²) in [4.78, 5) is 23.2. The first-order chi connectivity index (χ1) is 27.5. The minimum atomic E-state index is -0.839. The number of aliphatic carboxylic acids is 1. The molecule has 2 aromatic carbocycles. The molecule has 0 spiro atoms. The molecule has 3 rings (SSSR count). The van der Waals surface area contributed by atoms with Crippen molar-refractivity contribution in [1.82, 2.24) is 0 Å². The van der Waals surface area contributed by atoms with Gasteiger partial charge >= 0.3 is 11.9 Å². The number of ether oxygens (including phenoxy) is 5.